The van der Waals surface area contributed by atoms with Crippen molar-refractivity contribution in [2.75, 3.05) is 18.5 Å². The van der Waals surface area contributed by atoms with Crippen LogP contribution >= 0.6 is 12.4 Å². The lowest BCUT2D eigenvalue weighted by atomic mass is 10.1. The molecule has 0 radical (unpaired) electrons. The standard InChI is InChI=1S/C17H21N3O4.ClH/c1-11-16(18-8-9-24-11)17(23)19-13-5-3-2-4-12(13)10-20-14(21)6-7-15(20)22;/h2-5,11,16,18H,6-10H2,1H3,(H,19,23);1H/t11-,16+;/m1./s1. The molecule has 2 atom stereocenters. The molecule has 2 N–H and O–H groups in total. The van der Waals surface area contributed by atoms with Crippen LogP contribution in [-0.4, -0.2) is 47.9 Å². The fourth-order valence-corrected chi connectivity index (χ4v) is 2.99. The van der Waals surface area contributed by atoms with E-state index in [1.54, 1.807) is 12.1 Å². The van der Waals surface area contributed by atoms with Crippen LogP contribution in [0.25, 0.3) is 0 Å². The van der Waals surface area contributed by atoms with E-state index in [1.807, 2.05) is 19.1 Å². The van der Waals surface area contributed by atoms with E-state index in [-0.39, 0.29) is 55.6 Å². The van der Waals surface area contributed by atoms with E-state index in [9.17, 15) is 14.4 Å². The zero-order valence-electron chi connectivity index (χ0n) is 14.0. The van der Waals surface area contributed by atoms with Crippen LogP contribution < -0.4 is 10.6 Å². The summed E-state index contributed by atoms with van der Waals surface area (Å²) >= 11 is 0. The summed E-state index contributed by atoms with van der Waals surface area (Å²) in [5, 5.41) is 6.02. The zero-order valence-corrected chi connectivity index (χ0v) is 14.8. The molecule has 0 aromatic heterocycles. The predicted molar refractivity (Wildman–Crippen MR) is 94.3 cm³/mol. The van der Waals surface area contributed by atoms with Gasteiger partial charge in [0.15, 0.2) is 0 Å². The molecule has 0 spiro atoms. The Morgan fingerprint density at radius 2 is 1.96 bits per heavy atom. The van der Waals surface area contributed by atoms with Crippen molar-refractivity contribution >= 4 is 35.8 Å². The molecule has 2 aliphatic heterocycles. The highest BCUT2D eigenvalue weighted by atomic mass is 35.5. The van der Waals surface area contributed by atoms with Crippen molar-refractivity contribution in [2.45, 2.75) is 38.5 Å². The van der Waals surface area contributed by atoms with Crippen molar-refractivity contribution in [2.24, 2.45) is 0 Å². The lowest BCUT2D eigenvalue weighted by Crippen LogP contribution is -2.53. The summed E-state index contributed by atoms with van der Waals surface area (Å²) < 4.78 is 5.49. The van der Waals surface area contributed by atoms with Gasteiger partial charge >= 0.3 is 0 Å². The van der Waals surface area contributed by atoms with E-state index in [0.29, 0.717) is 18.8 Å². The first kappa shape index (κ1) is 19.4. The Labute approximate surface area is 152 Å². The fourth-order valence-electron chi connectivity index (χ4n) is 2.99. The van der Waals surface area contributed by atoms with Crippen LogP contribution in [0.1, 0.15) is 25.3 Å². The molecule has 3 rings (SSSR count). The Morgan fingerprint density at radius 1 is 1.28 bits per heavy atom. The van der Waals surface area contributed by atoms with Crippen molar-refractivity contribution in [3.63, 3.8) is 0 Å². The van der Waals surface area contributed by atoms with Gasteiger partial charge < -0.3 is 15.4 Å². The van der Waals surface area contributed by atoms with Gasteiger partial charge in [-0.2, -0.15) is 0 Å². The lowest BCUT2D eigenvalue weighted by molar-refractivity contribution is -0.139. The van der Waals surface area contributed by atoms with Gasteiger partial charge in [0.1, 0.15) is 6.04 Å². The van der Waals surface area contributed by atoms with Crippen LogP contribution in [0, 0.1) is 0 Å². The number of ether oxygens (including phenoxy) is 1. The first-order chi connectivity index (χ1) is 11.6. The second-order valence-corrected chi connectivity index (χ2v) is 6.03. The highest BCUT2D eigenvalue weighted by Crippen LogP contribution is 2.22. The normalized spacial score (nSPS) is 23.3. The zero-order chi connectivity index (χ0) is 17.1. The van der Waals surface area contributed by atoms with Crippen molar-refractivity contribution in [3.8, 4) is 0 Å². The molecule has 2 aliphatic rings. The Kier molecular flexibility index (Phi) is 6.52. The maximum Gasteiger partial charge on any atom is 0.244 e. The van der Waals surface area contributed by atoms with Crippen LogP contribution in [0.3, 0.4) is 0 Å². The molecule has 2 heterocycles. The summed E-state index contributed by atoms with van der Waals surface area (Å²) in [5.74, 6) is -0.525. The number of rotatable bonds is 4. The highest BCUT2D eigenvalue weighted by Gasteiger charge is 2.31. The molecule has 2 saturated heterocycles. The SMILES string of the molecule is C[C@H]1OCCN[C@@H]1C(=O)Nc1ccccc1CN1C(=O)CCC1=O.Cl. The molecule has 1 aromatic carbocycles. The molecule has 3 amide bonds. The molecule has 1 aromatic rings. The van der Waals surface area contributed by atoms with Crippen molar-refractivity contribution < 1.29 is 19.1 Å². The molecule has 0 unspecified atom stereocenters. The summed E-state index contributed by atoms with van der Waals surface area (Å²) in [5.41, 5.74) is 1.34. The number of hydrogen-bond donors (Lipinski definition) is 2. The summed E-state index contributed by atoms with van der Waals surface area (Å²) in [6.45, 7) is 3.24. The number of anilines is 1. The van der Waals surface area contributed by atoms with Crippen LogP contribution in [-0.2, 0) is 25.7 Å². The molecular weight excluding hydrogens is 346 g/mol. The number of likely N-dealkylation sites (tertiary alicyclic amines) is 1. The number of nitrogens with zero attached hydrogens (tertiary/aromatic N) is 1. The molecule has 2 fully saturated rings. The monoisotopic (exact) mass is 367 g/mol. The van der Waals surface area contributed by atoms with Gasteiger partial charge in [-0.05, 0) is 18.6 Å². The predicted octanol–water partition coefficient (Wildman–Crippen LogP) is 1.07. The smallest absolute Gasteiger partial charge is 0.244 e. The number of carbonyl (C=O) groups is 3. The molecule has 0 aliphatic carbocycles. The topological polar surface area (TPSA) is 87.7 Å². The molecule has 8 heteroatoms. The van der Waals surface area contributed by atoms with Gasteiger partial charge in [-0.1, -0.05) is 18.2 Å². The fraction of sp³-hybridized carbons (Fsp3) is 0.471. The number of carbonyl (C=O) groups excluding carboxylic acids is 3. The lowest BCUT2D eigenvalue weighted by Gasteiger charge is -2.29. The van der Waals surface area contributed by atoms with Crippen molar-refractivity contribution in [1.29, 1.82) is 0 Å². The third kappa shape index (κ3) is 4.36. The van der Waals surface area contributed by atoms with Gasteiger partial charge in [0, 0.05) is 25.1 Å². The number of para-hydroxylation sites is 1. The summed E-state index contributed by atoms with van der Waals surface area (Å²) in [6.07, 6.45) is 0.301. The first-order valence-electron chi connectivity index (χ1n) is 8.13. The maximum absolute atomic E-state index is 12.5. The van der Waals surface area contributed by atoms with Gasteiger partial charge in [-0.15, -0.1) is 12.4 Å². The van der Waals surface area contributed by atoms with Gasteiger partial charge in [-0.3, -0.25) is 19.3 Å². The quantitative estimate of drug-likeness (QED) is 0.777. The third-order valence-electron chi connectivity index (χ3n) is 4.36. The van der Waals surface area contributed by atoms with Crippen LogP contribution in [0.15, 0.2) is 24.3 Å². The summed E-state index contributed by atoms with van der Waals surface area (Å²) in [7, 11) is 0. The van der Waals surface area contributed by atoms with E-state index in [0.717, 1.165) is 5.56 Å². The molecule has 25 heavy (non-hydrogen) atoms. The minimum Gasteiger partial charge on any atom is -0.375 e. The average molecular weight is 368 g/mol. The first-order valence-corrected chi connectivity index (χ1v) is 8.13. The number of morpholine rings is 1. The van der Waals surface area contributed by atoms with E-state index < -0.39 is 6.04 Å². The minimum absolute atomic E-state index is 0. The molecular formula is C17H22ClN3O4. The third-order valence-corrected chi connectivity index (χ3v) is 4.36. The average Bonchev–Trinajstić information content (AvgIpc) is 2.89. The van der Waals surface area contributed by atoms with Gasteiger partial charge in [0.2, 0.25) is 17.7 Å². The van der Waals surface area contributed by atoms with Crippen molar-refractivity contribution in [1.82, 2.24) is 10.2 Å². The molecule has 0 saturated carbocycles. The second kappa shape index (κ2) is 8.42. The van der Waals surface area contributed by atoms with Crippen molar-refractivity contribution in [3.05, 3.63) is 29.8 Å². The van der Waals surface area contributed by atoms with Gasteiger partial charge in [-0.25, -0.2) is 0 Å². The molecule has 7 nitrogen and oxygen atoms in total. The minimum atomic E-state index is -0.429. The summed E-state index contributed by atoms with van der Waals surface area (Å²) in [4.78, 5) is 37.3. The number of imide groups is 1. The number of hydrogen-bond acceptors (Lipinski definition) is 5. The Morgan fingerprint density at radius 3 is 2.64 bits per heavy atom. The number of halogens is 1. The second-order valence-electron chi connectivity index (χ2n) is 6.03. The molecule has 136 valence electrons. The van der Waals surface area contributed by atoms with E-state index in [1.165, 1.54) is 4.90 Å². The number of nitrogens with one attached hydrogen (secondary N) is 2. The largest absolute Gasteiger partial charge is 0.375 e. The molecule has 0 bridgehead atoms. The maximum atomic E-state index is 12.5. The summed E-state index contributed by atoms with van der Waals surface area (Å²) in [6, 6.07) is 6.78. The van der Waals surface area contributed by atoms with Crippen LogP contribution in [0.4, 0.5) is 5.69 Å². The van der Waals surface area contributed by atoms with E-state index in [4.69, 9.17) is 4.74 Å². The number of amides is 3. The van der Waals surface area contributed by atoms with Crippen LogP contribution in [0.2, 0.25) is 0 Å². The Balaban J connectivity index is 0.00000225. The Bertz CT molecular complexity index is 651. The van der Waals surface area contributed by atoms with E-state index >= 15 is 0 Å². The van der Waals surface area contributed by atoms with Gasteiger partial charge in [0.25, 0.3) is 0 Å². The van der Waals surface area contributed by atoms with Gasteiger partial charge in [0.05, 0.1) is 19.3 Å². The highest BCUT2D eigenvalue weighted by molar-refractivity contribution is 6.02. The number of benzene rings is 1. The Hall–Kier alpha value is -1.96. The van der Waals surface area contributed by atoms with Crippen LogP contribution in [0.5, 0.6) is 0 Å². The van der Waals surface area contributed by atoms with E-state index in [2.05, 4.69) is 10.6 Å².